The molecule has 0 bridgehead atoms. The molecule has 2 rings (SSSR count). The van der Waals surface area contributed by atoms with E-state index < -0.39 is 0 Å². The summed E-state index contributed by atoms with van der Waals surface area (Å²) in [6.07, 6.45) is 3.95. The summed E-state index contributed by atoms with van der Waals surface area (Å²) in [4.78, 5) is 13.6. The van der Waals surface area contributed by atoms with Gasteiger partial charge < -0.3 is 0 Å². The molecule has 0 aliphatic carbocycles. The molecular weight excluding hydrogens is 228 g/mol. The summed E-state index contributed by atoms with van der Waals surface area (Å²) in [5, 5.41) is 8.69. The lowest BCUT2D eigenvalue weighted by molar-refractivity contribution is -0.133. The van der Waals surface area contributed by atoms with Crippen LogP contribution in [-0.2, 0) is 11.2 Å². The van der Waals surface area contributed by atoms with Crippen molar-refractivity contribution in [2.75, 3.05) is 13.1 Å². The molecule has 1 aromatic rings. The lowest BCUT2D eigenvalue weighted by Crippen LogP contribution is -2.42. The van der Waals surface area contributed by atoms with Crippen molar-refractivity contribution in [2.45, 2.75) is 31.7 Å². The van der Waals surface area contributed by atoms with E-state index in [2.05, 4.69) is 17.0 Å². The van der Waals surface area contributed by atoms with Crippen molar-refractivity contribution >= 4 is 5.91 Å². The third kappa shape index (κ3) is 3.31. The van der Waals surface area contributed by atoms with Gasteiger partial charge in [0.15, 0.2) is 0 Å². The third-order valence-electron chi connectivity index (χ3n) is 3.53. The first-order valence-electron chi connectivity index (χ1n) is 6.53. The maximum Gasteiger partial charge on any atom is 0.260 e. The van der Waals surface area contributed by atoms with E-state index in [-0.39, 0.29) is 11.9 Å². The molecule has 1 aliphatic rings. The lowest BCUT2D eigenvalue weighted by Gasteiger charge is -2.22. The molecule has 18 heavy (non-hydrogen) atoms. The number of aryl methyl sites for hydroxylation is 1. The van der Waals surface area contributed by atoms with Crippen LogP contribution in [0.25, 0.3) is 0 Å². The van der Waals surface area contributed by atoms with Crippen molar-refractivity contribution < 1.29 is 10.0 Å². The number of hydrogen-bond acceptors (Lipinski definition) is 3. The molecule has 1 amide bonds. The molecule has 1 aromatic carbocycles. The van der Waals surface area contributed by atoms with Gasteiger partial charge in [0.25, 0.3) is 5.91 Å². The predicted molar refractivity (Wildman–Crippen MR) is 69.3 cm³/mol. The summed E-state index contributed by atoms with van der Waals surface area (Å²) in [6.45, 7) is 1.86. The molecule has 2 N–H and O–H groups in total. The molecule has 98 valence electrons. The van der Waals surface area contributed by atoms with Crippen LogP contribution in [0.1, 0.15) is 24.8 Å². The Morgan fingerprint density at radius 1 is 1.39 bits per heavy atom. The minimum atomic E-state index is -0.271. The fourth-order valence-corrected chi connectivity index (χ4v) is 2.60. The molecule has 4 heteroatoms. The number of likely N-dealkylation sites (tertiary alicyclic amines) is 1. The van der Waals surface area contributed by atoms with Gasteiger partial charge in [0.05, 0.1) is 6.04 Å². The normalized spacial score (nSPS) is 19.9. The van der Waals surface area contributed by atoms with Crippen LogP contribution >= 0.6 is 0 Å². The van der Waals surface area contributed by atoms with Crippen LogP contribution in [0.4, 0.5) is 0 Å². The first-order chi connectivity index (χ1) is 8.81. The Labute approximate surface area is 108 Å². The molecule has 0 saturated carbocycles. The molecule has 1 fully saturated rings. The zero-order chi connectivity index (χ0) is 12.8. The molecule has 0 spiro atoms. The number of nitrogens with zero attached hydrogens (tertiary/aromatic N) is 1. The summed E-state index contributed by atoms with van der Waals surface area (Å²) < 4.78 is 0. The molecule has 0 radical (unpaired) electrons. The smallest absolute Gasteiger partial charge is 0.260 e. The molecule has 0 unspecified atom stereocenters. The highest BCUT2D eigenvalue weighted by Gasteiger charge is 2.29. The second-order valence-electron chi connectivity index (χ2n) is 4.76. The van der Waals surface area contributed by atoms with Crippen molar-refractivity contribution in [3.8, 4) is 0 Å². The number of nitrogens with one attached hydrogen (secondary N) is 1. The summed E-state index contributed by atoms with van der Waals surface area (Å²) in [5.74, 6) is -0.271. The van der Waals surface area contributed by atoms with Gasteiger partial charge in [-0.25, -0.2) is 5.48 Å². The van der Waals surface area contributed by atoms with Crippen LogP contribution in [0, 0.1) is 0 Å². The average molecular weight is 248 g/mol. The van der Waals surface area contributed by atoms with E-state index in [0.717, 1.165) is 38.8 Å². The lowest BCUT2D eigenvalue weighted by atomic mass is 10.1. The highest BCUT2D eigenvalue weighted by Crippen LogP contribution is 2.18. The minimum Gasteiger partial charge on any atom is -0.292 e. The monoisotopic (exact) mass is 248 g/mol. The van der Waals surface area contributed by atoms with Gasteiger partial charge in [-0.1, -0.05) is 30.3 Å². The van der Waals surface area contributed by atoms with Crippen molar-refractivity contribution in [1.29, 1.82) is 0 Å². The van der Waals surface area contributed by atoms with E-state index in [1.165, 1.54) is 5.56 Å². The second kappa shape index (κ2) is 6.52. The first kappa shape index (κ1) is 13.1. The second-order valence-corrected chi connectivity index (χ2v) is 4.76. The summed E-state index contributed by atoms with van der Waals surface area (Å²) in [6, 6.07) is 10.2. The Bertz CT molecular complexity index is 381. The van der Waals surface area contributed by atoms with Crippen LogP contribution in [0.2, 0.25) is 0 Å². The van der Waals surface area contributed by atoms with Crippen molar-refractivity contribution in [2.24, 2.45) is 0 Å². The van der Waals surface area contributed by atoms with Crippen molar-refractivity contribution in [3.05, 3.63) is 35.9 Å². The van der Waals surface area contributed by atoms with E-state index in [1.54, 1.807) is 5.48 Å². The molecule has 0 aromatic heterocycles. The number of hydroxylamine groups is 1. The Morgan fingerprint density at radius 3 is 2.89 bits per heavy atom. The fraction of sp³-hybridized carbons (Fsp3) is 0.500. The number of carbonyl (C=O) groups excluding carboxylic acids is 1. The Kier molecular flexibility index (Phi) is 4.73. The van der Waals surface area contributed by atoms with Gasteiger partial charge in [-0.2, -0.15) is 0 Å². The van der Waals surface area contributed by atoms with Gasteiger partial charge in [-0.15, -0.1) is 0 Å². The standard InChI is InChI=1S/C14H20N2O2/c17-14(15-18)13-9-5-11-16(13)10-4-8-12-6-2-1-3-7-12/h1-3,6-7,13,18H,4-5,8-11H2,(H,15,17)/t13-/m0/s1. The summed E-state index contributed by atoms with van der Waals surface area (Å²) >= 11 is 0. The van der Waals surface area contributed by atoms with Gasteiger partial charge in [0, 0.05) is 0 Å². The predicted octanol–water partition coefficient (Wildman–Crippen LogP) is 1.59. The zero-order valence-corrected chi connectivity index (χ0v) is 10.5. The highest BCUT2D eigenvalue weighted by atomic mass is 16.5. The van der Waals surface area contributed by atoms with E-state index in [4.69, 9.17) is 5.21 Å². The molecule has 1 atom stereocenters. The number of hydrogen-bond donors (Lipinski definition) is 2. The SMILES string of the molecule is O=C(NO)[C@@H]1CCCN1CCCc1ccccc1. The number of carbonyl (C=O) groups is 1. The highest BCUT2D eigenvalue weighted by molar-refractivity contribution is 5.80. The minimum absolute atomic E-state index is 0.147. The Hall–Kier alpha value is -1.39. The van der Waals surface area contributed by atoms with E-state index in [9.17, 15) is 4.79 Å². The molecule has 4 nitrogen and oxygen atoms in total. The van der Waals surface area contributed by atoms with Crippen LogP contribution in [-0.4, -0.2) is 35.1 Å². The molecule has 1 heterocycles. The van der Waals surface area contributed by atoms with Gasteiger partial charge in [0.1, 0.15) is 0 Å². The Balaban J connectivity index is 1.78. The Morgan fingerprint density at radius 2 is 2.17 bits per heavy atom. The average Bonchev–Trinajstić information content (AvgIpc) is 2.87. The molecular formula is C14H20N2O2. The summed E-state index contributed by atoms with van der Waals surface area (Å²) in [5.41, 5.74) is 3.10. The quantitative estimate of drug-likeness (QED) is 0.614. The van der Waals surface area contributed by atoms with Gasteiger partial charge in [-0.05, 0) is 44.3 Å². The maximum atomic E-state index is 11.5. The van der Waals surface area contributed by atoms with Crippen LogP contribution in [0.15, 0.2) is 30.3 Å². The number of benzene rings is 1. The third-order valence-corrected chi connectivity index (χ3v) is 3.53. The summed E-state index contributed by atoms with van der Waals surface area (Å²) in [7, 11) is 0. The topological polar surface area (TPSA) is 52.6 Å². The van der Waals surface area contributed by atoms with Crippen molar-refractivity contribution in [3.63, 3.8) is 0 Å². The van der Waals surface area contributed by atoms with E-state index in [0.29, 0.717) is 0 Å². The fourth-order valence-electron chi connectivity index (χ4n) is 2.60. The number of rotatable bonds is 5. The van der Waals surface area contributed by atoms with Gasteiger partial charge in [-0.3, -0.25) is 14.9 Å². The van der Waals surface area contributed by atoms with E-state index >= 15 is 0 Å². The van der Waals surface area contributed by atoms with Crippen LogP contribution < -0.4 is 5.48 Å². The maximum absolute atomic E-state index is 11.5. The van der Waals surface area contributed by atoms with Gasteiger partial charge >= 0.3 is 0 Å². The van der Waals surface area contributed by atoms with E-state index in [1.807, 2.05) is 18.2 Å². The van der Waals surface area contributed by atoms with Crippen LogP contribution in [0.5, 0.6) is 0 Å². The largest absolute Gasteiger partial charge is 0.292 e. The molecule has 1 saturated heterocycles. The van der Waals surface area contributed by atoms with Crippen molar-refractivity contribution in [1.82, 2.24) is 10.4 Å². The zero-order valence-electron chi connectivity index (χ0n) is 10.5. The first-order valence-corrected chi connectivity index (χ1v) is 6.53. The van der Waals surface area contributed by atoms with Crippen LogP contribution in [0.3, 0.4) is 0 Å². The molecule has 1 aliphatic heterocycles. The van der Waals surface area contributed by atoms with Gasteiger partial charge in [0.2, 0.25) is 0 Å². The number of amides is 1.